The Morgan fingerprint density at radius 2 is 1.68 bits per heavy atom. The Morgan fingerprint density at radius 3 is 2.27 bits per heavy atom. The van der Waals surface area contributed by atoms with Crippen molar-refractivity contribution in [3.05, 3.63) is 52.8 Å². The first-order valence-electron chi connectivity index (χ1n) is 6.12. The third-order valence-electron chi connectivity index (χ3n) is 2.58. The molecule has 0 spiro atoms. The maximum atomic E-state index is 9.75. The zero-order valence-corrected chi connectivity index (χ0v) is 12.9. The molecular formula is C12H10BBrF4N4. The number of nitrogens with zero attached hydrogens (tertiary/aromatic N) is 4. The number of hydrogen-bond acceptors (Lipinski definition) is 2. The maximum Gasteiger partial charge on any atom is 0.673 e. The summed E-state index contributed by atoms with van der Waals surface area (Å²) in [6, 6.07) is 11.9. The zero-order chi connectivity index (χ0) is 16.3. The lowest BCUT2D eigenvalue weighted by Gasteiger charge is -1.94. The number of benzene rings is 1. The van der Waals surface area contributed by atoms with Gasteiger partial charge >= 0.3 is 7.25 Å². The van der Waals surface area contributed by atoms with Crippen molar-refractivity contribution in [2.45, 2.75) is 6.92 Å². The molecule has 10 heteroatoms. The largest absolute Gasteiger partial charge is 0.673 e. The normalized spacial score (nSPS) is 11.2. The number of fused-ring (bicyclic) bond motifs is 1. The Morgan fingerprint density at radius 1 is 1.09 bits per heavy atom. The van der Waals surface area contributed by atoms with Crippen molar-refractivity contribution in [2.24, 2.45) is 0 Å². The van der Waals surface area contributed by atoms with Crippen LogP contribution in [0.15, 0.2) is 47.1 Å². The molecule has 0 bridgehead atoms. The van der Waals surface area contributed by atoms with Gasteiger partial charge in [-0.1, -0.05) is 21.0 Å². The molecular weight excluding hydrogens is 367 g/mol. The van der Waals surface area contributed by atoms with Gasteiger partial charge < -0.3 is 17.3 Å². The molecule has 22 heavy (non-hydrogen) atoms. The lowest BCUT2D eigenvalue weighted by Crippen LogP contribution is -2.40. The van der Waals surface area contributed by atoms with E-state index in [1.54, 1.807) is 15.6 Å². The fraction of sp³-hybridized carbons (Fsp3) is 0.0833. The van der Waals surface area contributed by atoms with E-state index in [0.717, 1.165) is 21.4 Å². The topological polar surface area (TPSA) is 34.1 Å². The van der Waals surface area contributed by atoms with Gasteiger partial charge in [0, 0.05) is 14.2 Å². The average Bonchev–Trinajstić information content (AvgIpc) is 2.76. The second-order valence-corrected chi connectivity index (χ2v) is 5.16. The van der Waals surface area contributed by atoms with Crippen molar-refractivity contribution >= 4 is 28.7 Å². The molecule has 0 amide bonds. The van der Waals surface area contributed by atoms with Crippen molar-refractivity contribution in [3.8, 4) is 5.69 Å². The Balaban J connectivity index is 0.000000309. The number of aryl methyl sites for hydroxylation is 1. The van der Waals surface area contributed by atoms with Gasteiger partial charge in [0.2, 0.25) is 0 Å². The Bertz CT molecular complexity index is 767. The second-order valence-electron chi connectivity index (χ2n) is 4.24. The van der Waals surface area contributed by atoms with E-state index in [1.807, 2.05) is 43.3 Å². The van der Waals surface area contributed by atoms with Crippen molar-refractivity contribution in [1.29, 1.82) is 0 Å². The first-order valence-corrected chi connectivity index (χ1v) is 6.91. The molecule has 0 atom stereocenters. The van der Waals surface area contributed by atoms with Gasteiger partial charge in [0.05, 0.1) is 0 Å². The molecule has 0 saturated heterocycles. The van der Waals surface area contributed by atoms with Crippen LogP contribution in [0.4, 0.5) is 17.3 Å². The highest BCUT2D eigenvalue weighted by Gasteiger charge is 2.20. The van der Waals surface area contributed by atoms with Gasteiger partial charge in [0.15, 0.2) is 17.4 Å². The van der Waals surface area contributed by atoms with Crippen molar-refractivity contribution in [3.63, 3.8) is 0 Å². The van der Waals surface area contributed by atoms with Crippen molar-refractivity contribution in [2.75, 3.05) is 0 Å². The Labute approximate surface area is 131 Å². The number of rotatable bonds is 1. The van der Waals surface area contributed by atoms with Crippen LogP contribution in [0.1, 0.15) is 5.69 Å². The van der Waals surface area contributed by atoms with Gasteiger partial charge in [-0.2, -0.15) is 0 Å². The highest BCUT2D eigenvalue weighted by Crippen LogP contribution is 2.11. The molecule has 0 N–H and O–H groups in total. The first-order chi connectivity index (χ1) is 10.3. The van der Waals surface area contributed by atoms with Gasteiger partial charge in [0.25, 0.3) is 0 Å². The van der Waals surface area contributed by atoms with Gasteiger partial charge in [0.1, 0.15) is 5.69 Å². The molecule has 0 fully saturated rings. The van der Waals surface area contributed by atoms with Crippen molar-refractivity contribution in [1.82, 2.24) is 14.8 Å². The van der Waals surface area contributed by atoms with Gasteiger partial charge in [-0.3, -0.25) is 0 Å². The lowest BCUT2D eigenvalue weighted by molar-refractivity contribution is -0.730. The van der Waals surface area contributed by atoms with Gasteiger partial charge in [-0.15, -0.1) is 0 Å². The minimum atomic E-state index is -6.00. The molecule has 0 radical (unpaired) electrons. The molecule has 3 aromatic rings. The minimum Gasteiger partial charge on any atom is -0.418 e. The summed E-state index contributed by atoms with van der Waals surface area (Å²) in [5, 5.41) is 8.80. The number of halogens is 5. The third kappa shape index (κ3) is 4.26. The molecule has 0 saturated carbocycles. The molecule has 0 aliphatic heterocycles. The van der Waals surface area contributed by atoms with E-state index in [2.05, 4.69) is 26.1 Å². The number of aromatic nitrogens is 4. The summed E-state index contributed by atoms with van der Waals surface area (Å²) in [7, 11) is -6.00. The fourth-order valence-electron chi connectivity index (χ4n) is 1.76. The predicted molar refractivity (Wildman–Crippen MR) is 77.1 cm³/mol. The summed E-state index contributed by atoms with van der Waals surface area (Å²) in [6.45, 7) is 1.98. The highest BCUT2D eigenvalue weighted by atomic mass is 79.9. The van der Waals surface area contributed by atoms with E-state index < -0.39 is 7.25 Å². The third-order valence-corrected chi connectivity index (χ3v) is 3.11. The van der Waals surface area contributed by atoms with Crippen LogP contribution in [-0.4, -0.2) is 22.1 Å². The maximum absolute atomic E-state index is 9.75. The number of hydrogen-bond donors (Lipinski definition) is 0. The van der Waals surface area contributed by atoms with E-state index in [1.165, 1.54) is 0 Å². The van der Waals surface area contributed by atoms with Crippen molar-refractivity contribution < 1.29 is 22.1 Å². The van der Waals surface area contributed by atoms with E-state index in [-0.39, 0.29) is 0 Å². The Kier molecular flexibility index (Phi) is 4.79. The quantitative estimate of drug-likeness (QED) is 0.370. The van der Waals surface area contributed by atoms with E-state index in [9.17, 15) is 17.3 Å². The molecule has 3 rings (SSSR count). The van der Waals surface area contributed by atoms with Crippen LogP contribution in [0.25, 0.3) is 11.2 Å². The molecule has 116 valence electrons. The first kappa shape index (κ1) is 16.4. The van der Waals surface area contributed by atoms with Crippen LogP contribution in [0.2, 0.25) is 0 Å². The van der Waals surface area contributed by atoms with Crippen LogP contribution >= 0.6 is 15.9 Å². The van der Waals surface area contributed by atoms with E-state index in [0.29, 0.717) is 0 Å². The van der Waals surface area contributed by atoms with Crippen LogP contribution in [0.3, 0.4) is 0 Å². The monoisotopic (exact) mass is 376 g/mol. The summed E-state index contributed by atoms with van der Waals surface area (Å²) >= 11 is 3.42. The standard InChI is InChI=1S/C12H10BrN4.BF4/c1-9-12-3-2-8-14-17(12)16(15-9)11-6-4-10(13)5-7-11;2-1(3,4)5/h2-8H,1H3;/q+1;-1. The second kappa shape index (κ2) is 6.43. The zero-order valence-electron chi connectivity index (χ0n) is 11.3. The molecule has 1 aromatic carbocycles. The molecule has 2 aromatic heterocycles. The van der Waals surface area contributed by atoms with Gasteiger partial charge in [-0.05, 0) is 48.1 Å². The molecule has 0 aliphatic carbocycles. The Hall–Kier alpha value is -1.97. The highest BCUT2D eigenvalue weighted by molar-refractivity contribution is 9.10. The van der Waals surface area contributed by atoms with Gasteiger partial charge in [-0.25, -0.2) is 0 Å². The summed E-state index contributed by atoms with van der Waals surface area (Å²) < 4.78 is 41.8. The van der Waals surface area contributed by atoms with E-state index >= 15 is 0 Å². The molecule has 0 aliphatic rings. The molecule has 2 heterocycles. The summed E-state index contributed by atoms with van der Waals surface area (Å²) in [5.41, 5.74) is 2.95. The fourth-order valence-corrected chi connectivity index (χ4v) is 2.02. The summed E-state index contributed by atoms with van der Waals surface area (Å²) in [4.78, 5) is 1.79. The van der Waals surface area contributed by atoms with Crippen LogP contribution in [-0.2, 0) is 0 Å². The van der Waals surface area contributed by atoms with E-state index in [4.69, 9.17) is 0 Å². The SMILES string of the molecule is Cc1n[n+](-c2ccc(Br)cc2)n2ncccc12.F[B-](F)(F)F. The molecule has 0 unspecified atom stereocenters. The average molecular weight is 377 g/mol. The predicted octanol–water partition coefficient (Wildman–Crippen LogP) is 3.38. The smallest absolute Gasteiger partial charge is 0.418 e. The van der Waals surface area contributed by atoms with Crippen LogP contribution < -0.4 is 4.80 Å². The minimum absolute atomic E-state index is 0.959. The van der Waals surface area contributed by atoms with Crippen LogP contribution in [0.5, 0.6) is 0 Å². The summed E-state index contributed by atoms with van der Waals surface area (Å²) in [6.07, 6.45) is 1.75. The van der Waals surface area contributed by atoms with Crippen LogP contribution in [0, 0.1) is 6.92 Å². The summed E-state index contributed by atoms with van der Waals surface area (Å²) in [5.74, 6) is 0. The lowest BCUT2D eigenvalue weighted by atomic mass is 10.3. The molecule has 4 nitrogen and oxygen atoms in total.